The summed E-state index contributed by atoms with van der Waals surface area (Å²) in [6.07, 6.45) is 0. The van der Waals surface area contributed by atoms with E-state index in [1.165, 1.54) is 29.2 Å². The summed E-state index contributed by atoms with van der Waals surface area (Å²) < 4.78 is 29.4. The smallest absolute Gasteiger partial charge is 0.264 e. The maximum Gasteiger partial charge on any atom is 0.264 e. The predicted octanol–water partition coefficient (Wildman–Crippen LogP) is 5.16. The van der Waals surface area contributed by atoms with Gasteiger partial charge < -0.3 is 10.2 Å². The van der Waals surface area contributed by atoms with Crippen molar-refractivity contribution in [1.82, 2.24) is 10.2 Å². The molecule has 0 spiro atoms. The van der Waals surface area contributed by atoms with Gasteiger partial charge in [0.25, 0.3) is 10.0 Å². The molecule has 0 heterocycles. The Morgan fingerprint density at radius 3 is 2.32 bits per heavy atom. The van der Waals surface area contributed by atoms with Crippen LogP contribution in [0.15, 0.2) is 82.2 Å². The number of benzene rings is 3. The van der Waals surface area contributed by atoms with Crippen LogP contribution in [-0.2, 0) is 26.2 Å². The lowest BCUT2D eigenvalue weighted by molar-refractivity contribution is -0.139. The Balaban J connectivity index is 2.03. The molecule has 10 heteroatoms. The van der Waals surface area contributed by atoms with Crippen molar-refractivity contribution in [3.63, 3.8) is 0 Å². The number of nitrogens with zero attached hydrogens (tertiary/aromatic N) is 2. The van der Waals surface area contributed by atoms with E-state index >= 15 is 0 Å². The Bertz CT molecular complexity index is 1370. The number of anilines is 1. The van der Waals surface area contributed by atoms with Crippen molar-refractivity contribution >= 4 is 55.1 Å². The molecule has 0 radical (unpaired) electrons. The lowest BCUT2D eigenvalue weighted by Crippen LogP contribution is -2.51. The summed E-state index contributed by atoms with van der Waals surface area (Å²) in [6, 6.07) is 19.3. The topological polar surface area (TPSA) is 86.8 Å². The van der Waals surface area contributed by atoms with Gasteiger partial charge in [0.2, 0.25) is 11.8 Å². The molecule has 0 aliphatic carbocycles. The molecule has 1 N–H and O–H groups in total. The summed E-state index contributed by atoms with van der Waals surface area (Å²) in [6.45, 7) is 5.30. The second-order valence-electron chi connectivity index (χ2n) is 8.53. The minimum Gasteiger partial charge on any atom is -0.355 e. The van der Waals surface area contributed by atoms with Crippen LogP contribution in [0.25, 0.3) is 0 Å². The number of hydrogen-bond acceptors (Lipinski definition) is 4. The molecule has 0 aromatic heterocycles. The fourth-order valence-electron chi connectivity index (χ4n) is 3.78. The van der Waals surface area contributed by atoms with Gasteiger partial charge in [-0.05, 0) is 80.4 Å². The summed E-state index contributed by atoms with van der Waals surface area (Å²) in [7, 11) is -4.13. The van der Waals surface area contributed by atoms with E-state index in [0.29, 0.717) is 17.3 Å². The number of aryl methyl sites for hydroxylation is 1. The molecule has 7 nitrogen and oxygen atoms in total. The Hall–Kier alpha value is -2.88. The first-order valence-electron chi connectivity index (χ1n) is 11.7. The van der Waals surface area contributed by atoms with Crippen LogP contribution in [-0.4, -0.2) is 44.3 Å². The summed E-state index contributed by atoms with van der Waals surface area (Å²) in [5.41, 5.74) is 1.97. The number of nitrogens with one attached hydrogen (secondary N) is 1. The molecule has 3 rings (SSSR count). The van der Waals surface area contributed by atoms with Gasteiger partial charge in [0, 0.05) is 22.6 Å². The van der Waals surface area contributed by atoms with Crippen molar-refractivity contribution in [2.45, 2.75) is 38.3 Å². The van der Waals surface area contributed by atoms with Gasteiger partial charge in [-0.15, -0.1) is 0 Å². The molecule has 1 atom stereocenters. The van der Waals surface area contributed by atoms with E-state index in [2.05, 4.69) is 21.2 Å². The quantitative estimate of drug-likeness (QED) is 0.346. The number of amides is 2. The van der Waals surface area contributed by atoms with Crippen LogP contribution in [0.5, 0.6) is 0 Å². The van der Waals surface area contributed by atoms with Crippen LogP contribution in [0.4, 0.5) is 5.69 Å². The van der Waals surface area contributed by atoms with Gasteiger partial charge in [-0.25, -0.2) is 8.42 Å². The molecular formula is C27H29BrClN3O4S. The standard InChI is InChI=1S/C27H29BrClN3O4S/c1-4-30-27(34)20(3)31(17-21-8-6-9-22(28)16-21)26(33)18-32(24-10-5-7-19(2)15-24)37(35,36)25-13-11-23(29)12-14-25/h5-16,20H,4,17-18H2,1-3H3,(H,30,34)/t20-/m1/s1. The van der Waals surface area contributed by atoms with E-state index in [1.54, 1.807) is 32.0 Å². The van der Waals surface area contributed by atoms with Crippen molar-refractivity contribution < 1.29 is 18.0 Å². The summed E-state index contributed by atoms with van der Waals surface area (Å²) >= 11 is 9.41. The second-order valence-corrected chi connectivity index (χ2v) is 11.7. The molecule has 0 unspecified atom stereocenters. The maximum atomic E-state index is 13.8. The third-order valence-corrected chi connectivity index (χ3v) is 8.26. The molecule has 0 bridgehead atoms. The van der Waals surface area contributed by atoms with Gasteiger partial charge in [0.15, 0.2) is 0 Å². The summed E-state index contributed by atoms with van der Waals surface area (Å²) in [4.78, 5) is 27.9. The average molecular weight is 607 g/mol. The number of sulfonamides is 1. The third kappa shape index (κ3) is 7.34. The van der Waals surface area contributed by atoms with E-state index in [1.807, 2.05) is 37.3 Å². The Labute approximate surface area is 231 Å². The van der Waals surface area contributed by atoms with Crippen LogP contribution < -0.4 is 9.62 Å². The highest BCUT2D eigenvalue weighted by Crippen LogP contribution is 2.26. The number of rotatable bonds is 10. The molecule has 3 aromatic rings. The van der Waals surface area contributed by atoms with Crippen LogP contribution in [0, 0.1) is 6.92 Å². The van der Waals surface area contributed by atoms with Gasteiger partial charge in [-0.3, -0.25) is 13.9 Å². The van der Waals surface area contributed by atoms with E-state index in [-0.39, 0.29) is 17.3 Å². The van der Waals surface area contributed by atoms with Crippen LogP contribution in [0.1, 0.15) is 25.0 Å². The fourth-order valence-corrected chi connectivity index (χ4v) is 5.76. The zero-order chi connectivity index (χ0) is 27.2. The summed E-state index contributed by atoms with van der Waals surface area (Å²) in [5, 5.41) is 3.14. The van der Waals surface area contributed by atoms with Gasteiger partial charge in [-0.2, -0.15) is 0 Å². The number of likely N-dealkylation sites (N-methyl/N-ethyl adjacent to an activating group) is 1. The zero-order valence-electron chi connectivity index (χ0n) is 20.8. The normalized spacial score (nSPS) is 12.0. The Morgan fingerprint density at radius 1 is 1.03 bits per heavy atom. The first-order chi connectivity index (χ1) is 17.5. The van der Waals surface area contributed by atoms with Gasteiger partial charge in [0.1, 0.15) is 12.6 Å². The Morgan fingerprint density at radius 2 is 1.70 bits per heavy atom. The average Bonchev–Trinajstić information content (AvgIpc) is 2.85. The lowest BCUT2D eigenvalue weighted by atomic mass is 10.1. The third-order valence-electron chi connectivity index (χ3n) is 5.73. The first kappa shape index (κ1) is 28.7. The van der Waals surface area contributed by atoms with E-state index < -0.39 is 28.5 Å². The molecule has 3 aromatic carbocycles. The van der Waals surface area contributed by atoms with E-state index in [0.717, 1.165) is 19.9 Å². The van der Waals surface area contributed by atoms with E-state index in [4.69, 9.17) is 11.6 Å². The maximum absolute atomic E-state index is 13.8. The highest BCUT2D eigenvalue weighted by Gasteiger charge is 2.32. The van der Waals surface area contributed by atoms with Gasteiger partial charge in [0.05, 0.1) is 10.6 Å². The minimum atomic E-state index is -4.13. The summed E-state index contributed by atoms with van der Waals surface area (Å²) in [5.74, 6) is -0.841. The zero-order valence-corrected chi connectivity index (χ0v) is 24.0. The number of hydrogen-bond donors (Lipinski definition) is 1. The van der Waals surface area contributed by atoms with Crippen molar-refractivity contribution in [2.24, 2.45) is 0 Å². The largest absolute Gasteiger partial charge is 0.355 e. The molecule has 0 saturated heterocycles. The van der Waals surface area contributed by atoms with Gasteiger partial charge in [-0.1, -0.05) is 51.8 Å². The Kier molecular flexibility index (Phi) is 9.75. The molecular weight excluding hydrogens is 578 g/mol. The fraction of sp³-hybridized carbons (Fsp3) is 0.259. The highest BCUT2D eigenvalue weighted by atomic mass is 79.9. The molecule has 0 aliphatic rings. The molecule has 196 valence electrons. The SMILES string of the molecule is CCNC(=O)[C@@H](C)N(Cc1cccc(Br)c1)C(=O)CN(c1cccc(C)c1)S(=O)(=O)c1ccc(Cl)cc1. The number of carbonyl (C=O) groups excluding carboxylic acids is 2. The molecule has 0 fully saturated rings. The van der Waals surface area contributed by atoms with Crippen molar-refractivity contribution in [2.75, 3.05) is 17.4 Å². The van der Waals surface area contributed by atoms with E-state index in [9.17, 15) is 18.0 Å². The van der Waals surface area contributed by atoms with Crippen LogP contribution in [0.3, 0.4) is 0 Å². The molecule has 2 amide bonds. The number of carbonyl (C=O) groups is 2. The first-order valence-corrected chi connectivity index (χ1v) is 14.3. The second kappa shape index (κ2) is 12.6. The monoisotopic (exact) mass is 605 g/mol. The van der Waals surface area contributed by atoms with Gasteiger partial charge >= 0.3 is 0 Å². The highest BCUT2D eigenvalue weighted by molar-refractivity contribution is 9.10. The predicted molar refractivity (Wildman–Crippen MR) is 150 cm³/mol. The van der Waals surface area contributed by atoms with Crippen molar-refractivity contribution in [3.8, 4) is 0 Å². The molecule has 0 saturated carbocycles. The lowest BCUT2D eigenvalue weighted by Gasteiger charge is -2.32. The number of halogens is 2. The van der Waals surface area contributed by atoms with Crippen LogP contribution in [0.2, 0.25) is 5.02 Å². The van der Waals surface area contributed by atoms with Crippen molar-refractivity contribution in [1.29, 1.82) is 0 Å². The van der Waals surface area contributed by atoms with Crippen molar-refractivity contribution in [3.05, 3.63) is 93.4 Å². The minimum absolute atomic E-state index is 0.00141. The molecule has 0 aliphatic heterocycles. The molecule has 37 heavy (non-hydrogen) atoms. The van der Waals surface area contributed by atoms with Crippen LogP contribution >= 0.6 is 27.5 Å².